The summed E-state index contributed by atoms with van der Waals surface area (Å²) < 4.78 is 43.5. The number of anilines is 2. The van der Waals surface area contributed by atoms with Gasteiger partial charge in [-0.2, -0.15) is 5.10 Å². The van der Waals surface area contributed by atoms with Crippen molar-refractivity contribution in [3.8, 4) is 11.3 Å². The van der Waals surface area contributed by atoms with Crippen LogP contribution in [0.5, 0.6) is 0 Å². The van der Waals surface area contributed by atoms with Crippen LogP contribution in [0, 0.1) is 12.7 Å². The molecule has 38 heavy (non-hydrogen) atoms. The molecule has 0 spiro atoms. The number of nitrogens with zero attached hydrogens (tertiary/aromatic N) is 7. The number of rotatable bonds is 7. The van der Waals surface area contributed by atoms with E-state index in [0.717, 1.165) is 43.4 Å². The molecule has 1 saturated heterocycles. The molecule has 13 heteroatoms. The molecule has 1 fully saturated rings. The first-order valence-corrected chi connectivity index (χ1v) is 12.1. The second-order valence-electron chi connectivity index (χ2n) is 8.81. The van der Waals surface area contributed by atoms with Crippen molar-refractivity contribution in [3.63, 3.8) is 0 Å². The van der Waals surface area contributed by atoms with Crippen LogP contribution >= 0.6 is 11.6 Å². The molecule has 196 valence electrons. The maximum absolute atomic E-state index is 14.7. The Balaban J connectivity index is 1.36. The average molecular weight is 543 g/mol. The zero-order valence-electron chi connectivity index (χ0n) is 20.4. The minimum absolute atomic E-state index is 0.155. The Bertz CT molecular complexity index is 1490. The first-order chi connectivity index (χ1) is 18.2. The van der Waals surface area contributed by atoms with Crippen LogP contribution in [0.3, 0.4) is 0 Å². The van der Waals surface area contributed by atoms with E-state index >= 15 is 0 Å². The zero-order chi connectivity index (χ0) is 27.0. The van der Waals surface area contributed by atoms with Crippen molar-refractivity contribution >= 4 is 29.1 Å². The largest absolute Gasteiger partial charge is 0.341 e. The fourth-order valence-corrected chi connectivity index (χ4v) is 4.13. The lowest BCUT2D eigenvalue weighted by atomic mass is 10.0. The van der Waals surface area contributed by atoms with E-state index in [1.54, 1.807) is 23.3 Å². The Morgan fingerprint density at radius 2 is 1.84 bits per heavy atom. The van der Waals surface area contributed by atoms with Crippen LogP contribution in [-0.2, 0) is 0 Å². The van der Waals surface area contributed by atoms with Crippen molar-refractivity contribution < 1.29 is 18.0 Å². The van der Waals surface area contributed by atoms with E-state index in [1.807, 2.05) is 6.92 Å². The van der Waals surface area contributed by atoms with Gasteiger partial charge in [-0.15, -0.1) is 0 Å². The number of carbonyl (C=O) groups excluding carboxylic acids is 1. The molecule has 1 amide bonds. The smallest absolute Gasteiger partial charge is 0.276 e. The predicted octanol–water partition coefficient (Wildman–Crippen LogP) is 5.24. The number of aryl methyl sites for hydroxylation is 1. The number of amides is 1. The van der Waals surface area contributed by atoms with E-state index in [9.17, 15) is 18.0 Å². The van der Waals surface area contributed by atoms with Crippen molar-refractivity contribution in [2.45, 2.75) is 32.7 Å². The summed E-state index contributed by atoms with van der Waals surface area (Å²) >= 11 is 5.82. The molecular weight excluding hydrogens is 521 g/mol. The van der Waals surface area contributed by atoms with E-state index in [-0.39, 0.29) is 28.1 Å². The lowest BCUT2D eigenvalue weighted by molar-refractivity contribution is 0.102. The highest BCUT2D eigenvalue weighted by atomic mass is 35.5. The molecule has 1 aliphatic rings. The molecule has 0 saturated carbocycles. The first-order valence-electron chi connectivity index (χ1n) is 11.8. The molecule has 3 aromatic heterocycles. The minimum atomic E-state index is -2.98. The lowest BCUT2D eigenvalue weighted by Crippen LogP contribution is -2.38. The standard InChI is InChI=1S/C25H22ClF3N8O/c1-13-22(35-19(11-30-13)20-17(23(28)29)4-5-18(26)21(20)27)24(38)34-16-10-33-37(12-16)14(2)15-8-31-25(32-9-15)36-6-3-7-36/h4-5,8-12,14,23H,3,6-7H2,1-2H3,(H,34,38)/t14-/m0/s1. The highest BCUT2D eigenvalue weighted by Gasteiger charge is 2.24. The Morgan fingerprint density at radius 3 is 2.50 bits per heavy atom. The molecule has 1 N–H and O–H groups in total. The first kappa shape index (κ1) is 25.6. The van der Waals surface area contributed by atoms with Gasteiger partial charge in [0.2, 0.25) is 5.95 Å². The predicted molar refractivity (Wildman–Crippen MR) is 135 cm³/mol. The summed E-state index contributed by atoms with van der Waals surface area (Å²) in [5.74, 6) is -1.03. The lowest BCUT2D eigenvalue weighted by Gasteiger charge is -2.30. The van der Waals surface area contributed by atoms with Gasteiger partial charge in [0.15, 0.2) is 5.82 Å². The van der Waals surface area contributed by atoms with Crippen LogP contribution in [0.2, 0.25) is 5.02 Å². The summed E-state index contributed by atoms with van der Waals surface area (Å²) in [6.07, 6.45) is 5.86. The number of benzene rings is 1. The highest BCUT2D eigenvalue weighted by Crippen LogP contribution is 2.35. The summed E-state index contributed by atoms with van der Waals surface area (Å²) in [7, 11) is 0. The van der Waals surface area contributed by atoms with Crippen molar-refractivity contribution in [2.24, 2.45) is 0 Å². The monoisotopic (exact) mass is 542 g/mol. The summed E-state index contributed by atoms with van der Waals surface area (Å²) in [5.41, 5.74) is -0.0594. The molecule has 0 aliphatic carbocycles. The topological polar surface area (TPSA) is 102 Å². The van der Waals surface area contributed by atoms with Gasteiger partial charge in [-0.05, 0) is 26.3 Å². The van der Waals surface area contributed by atoms with Gasteiger partial charge in [-0.1, -0.05) is 17.7 Å². The van der Waals surface area contributed by atoms with Gasteiger partial charge in [-0.25, -0.2) is 28.1 Å². The second kappa shape index (κ2) is 10.4. The van der Waals surface area contributed by atoms with Crippen molar-refractivity contribution in [1.82, 2.24) is 29.7 Å². The molecule has 0 radical (unpaired) electrons. The van der Waals surface area contributed by atoms with Crippen LogP contribution in [0.25, 0.3) is 11.3 Å². The van der Waals surface area contributed by atoms with Gasteiger partial charge in [0.1, 0.15) is 5.69 Å². The van der Waals surface area contributed by atoms with E-state index in [2.05, 4.69) is 35.3 Å². The highest BCUT2D eigenvalue weighted by molar-refractivity contribution is 6.31. The van der Waals surface area contributed by atoms with E-state index in [1.165, 1.54) is 13.1 Å². The number of nitrogens with one attached hydrogen (secondary N) is 1. The molecule has 4 heterocycles. The summed E-state index contributed by atoms with van der Waals surface area (Å²) in [6, 6.07) is 1.85. The fourth-order valence-electron chi connectivity index (χ4n) is 3.98. The Morgan fingerprint density at radius 1 is 1.11 bits per heavy atom. The average Bonchev–Trinajstić information content (AvgIpc) is 3.33. The van der Waals surface area contributed by atoms with Crippen LogP contribution < -0.4 is 10.2 Å². The molecule has 1 aliphatic heterocycles. The molecule has 4 aromatic rings. The summed E-state index contributed by atoms with van der Waals surface area (Å²) in [6.45, 7) is 5.35. The third-order valence-electron chi connectivity index (χ3n) is 6.32. The number of hydrogen-bond acceptors (Lipinski definition) is 7. The number of aromatic nitrogens is 6. The summed E-state index contributed by atoms with van der Waals surface area (Å²) in [5, 5.41) is 6.65. The van der Waals surface area contributed by atoms with Crippen molar-refractivity contribution in [2.75, 3.05) is 23.3 Å². The molecule has 9 nitrogen and oxygen atoms in total. The van der Waals surface area contributed by atoms with Gasteiger partial charge >= 0.3 is 0 Å². The van der Waals surface area contributed by atoms with Gasteiger partial charge in [-0.3, -0.25) is 14.5 Å². The minimum Gasteiger partial charge on any atom is -0.341 e. The molecule has 5 rings (SSSR count). The maximum atomic E-state index is 14.7. The Kier molecular flexibility index (Phi) is 6.98. The zero-order valence-corrected chi connectivity index (χ0v) is 21.1. The van der Waals surface area contributed by atoms with Gasteiger partial charge in [0, 0.05) is 48.4 Å². The number of carbonyl (C=O) groups is 1. The van der Waals surface area contributed by atoms with Crippen LogP contribution in [-0.4, -0.2) is 48.7 Å². The molecule has 0 bridgehead atoms. The number of alkyl halides is 2. The molecular formula is C25H22ClF3N8O. The van der Waals surface area contributed by atoms with Crippen LogP contribution in [0.15, 0.2) is 43.1 Å². The second-order valence-corrected chi connectivity index (χ2v) is 9.22. The van der Waals surface area contributed by atoms with E-state index in [4.69, 9.17) is 11.6 Å². The Labute approximate surface area is 220 Å². The van der Waals surface area contributed by atoms with Gasteiger partial charge in [0.05, 0.1) is 40.5 Å². The molecule has 0 unspecified atom stereocenters. The fraction of sp³-hybridized carbons (Fsp3) is 0.280. The van der Waals surface area contributed by atoms with Gasteiger partial charge in [0.25, 0.3) is 12.3 Å². The number of hydrogen-bond donors (Lipinski definition) is 1. The maximum Gasteiger partial charge on any atom is 0.276 e. The van der Waals surface area contributed by atoms with E-state index in [0.29, 0.717) is 11.6 Å². The Hall–Kier alpha value is -4.06. The van der Waals surface area contributed by atoms with Crippen molar-refractivity contribution in [3.05, 3.63) is 76.5 Å². The van der Waals surface area contributed by atoms with Crippen molar-refractivity contribution in [1.29, 1.82) is 0 Å². The molecule has 1 atom stereocenters. The molecule has 1 aromatic carbocycles. The quantitative estimate of drug-likeness (QED) is 0.341. The normalized spacial score (nSPS) is 13.9. The van der Waals surface area contributed by atoms with Gasteiger partial charge < -0.3 is 10.2 Å². The third kappa shape index (κ3) is 4.91. The third-order valence-corrected chi connectivity index (χ3v) is 6.62. The van der Waals surface area contributed by atoms with E-state index < -0.39 is 29.3 Å². The summed E-state index contributed by atoms with van der Waals surface area (Å²) in [4.78, 5) is 32.2. The van der Waals surface area contributed by atoms with Crippen LogP contribution in [0.4, 0.5) is 24.8 Å². The SMILES string of the molecule is Cc1ncc(-c2c(C(F)F)ccc(Cl)c2F)nc1C(=O)Nc1cnn([C@@H](C)c2cnc(N3CCC3)nc2)c1. The number of halogens is 4. The van der Waals surface area contributed by atoms with Crippen LogP contribution in [0.1, 0.15) is 53.1 Å².